The Morgan fingerprint density at radius 1 is 0.932 bits per heavy atom. The lowest BCUT2D eigenvalue weighted by atomic mass is 10.0. The number of nitrogens with one attached hydrogen (secondary N) is 1. The molecule has 2 amide bonds. The molecule has 0 spiro atoms. The van der Waals surface area contributed by atoms with Gasteiger partial charge in [-0.05, 0) is 48.2 Å². The lowest BCUT2D eigenvalue weighted by Crippen LogP contribution is -2.50. The summed E-state index contributed by atoms with van der Waals surface area (Å²) in [6.07, 6.45) is 3.58. The van der Waals surface area contributed by atoms with Crippen molar-refractivity contribution in [3.63, 3.8) is 0 Å². The van der Waals surface area contributed by atoms with E-state index in [9.17, 15) is 18.0 Å². The second-order valence-electron chi connectivity index (χ2n) is 10.8. The molecule has 1 N–H and O–H groups in total. The van der Waals surface area contributed by atoms with E-state index in [-0.39, 0.29) is 37.7 Å². The zero-order valence-corrected chi connectivity index (χ0v) is 27.6. The molecule has 0 saturated carbocycles. The fourth-order valence-electron chi connectivity index (χ4n) is 5.04. The summed E-state index contributed by atoms with van der Waals surface area (Å²) >= 11 is 3.46. The molecule has 11 heteroatoms. The first kappa shape index (κ1) is 33.3. The predicted octanol–water partition coefficient (Wildman–Crippen LogP) is 5.32. The van der Waals surface area contributed by atoms with E-state index < -0.39 is 16.1 Å². The van der Waals surface area contributed by atoms with E-state index in [4.69, 9.17) is 9.47 Å². The largest absolute Gasteiger partial charge is 0.486 e. The Balaban J connectivity index is 1.56. The summed E-state index contributed by atoms with van der Waals surface area (Å²) < 4.78 is 39.0. The topological polar surface area (TPSA) is 105 Å². The summed E-state index contributed by atoms with van der Waals surface area (Å²) in [5, 5.41) is 3.02. The number of unbranched alkanes of at least 4 members (excludes halogenated alkanes) is 1. The number of amides is 2. The van der Waals surface area contributed by atoms with Crippen molar-refractivity contribution < 1.29 is 27.5 Å². The number of sulfonamides is 1. The number of carbonyl (C=O) groups excluding carboxylic acids is 2. The second kappa shape index (κ2) is 15.9. The van der Waals surface area contributed by atoms with Crippen LogP contribution in [0.4, 0.5) is 5.69 Å². The van der Waals surface area contributed by atoms with Crippen LogP contribution in [0.1, 0.15) is 43.7 Å². The minimum atomic E-state index is -3.66. The standard InChI is InChI=1S/C33H40BrN3O6S/c1-3-4-18-35-33(39)29(22-25-9-6-5-7-10-25)36(24-26-12-14-27(34)15-13-26)32(38)11-8-19-37(44(2,40)41)28-16-17-30-31(23-28)43-21-20-42-30/h5-7,9-10,12-17,23,29H,3-4,8,11,18-22,24H2,1-2H3,(H,35,39)/t29-/m0/s1. The number of hydrogen-bond donors (Lipinski definition) is 1. The number of ether oxygens (including phenoxy) is 2. The molecule has 1 atom stereocenters. The number of fused-ring (bicyclic) bond motifs is 1. The number of carbonyl (C=O) groups is 2. The molecule has 0 unspecified atom stereocenters. The fraction of sp³-hybridized carbons (Fsp3) is 0.394. The van der Waals surface area contributed by atoms with Gasteiger partial charge < -0.3 is 19.7 Å². The number of nitrogens with zero attached hydrogens (tertiary/aromatic N) is 2. The Morgan fingerprint density at radius 3 is 2.32 bits per heavy atom. The highest BCUT2D eigenvalue weighted by atomic mass is 79.9. The average molecular weight is 687 g/mol. The average Bonchev–Trinajstić information content (AvgIpc) is 3.01. The van der Waals surface area contributed by atoms with E-state index in [0.717, 1.165) is 34.7 Å². The van der Waals surface area contributed by atoms with Gasteiger partial charge in [-0.2, -0.15) is 0 Å². The van der Waals surface area contributed by atoms with Gasteiger partial charge in [-0.1, -0.05) is 71.7 Å². The third-order valence-corrected chi connectivity index (χ3v) is 9.06. The van der Waals surface area contributed by atoms with Crippen LogP contribution in [0.5, 0.6) is 11.5 Å². The summed E-state index contributed by atoms with van der Waals surface area (Å²) in [6, 6.07) is 21.6. The summed E-state index contributed by atoms with van der Waals surface area (Å²) in [6.45, 7) is 3.73. The molecule has 0 aliphatic carbocycles. The van der Waals surface area contributed by atoms with Gasteiger partial charge in [0.15, 0.2) is 11.5 Å². The van der Waals surface area contributed by atoms with Gasteiger partial charge in [0.1, 0.15) is 19.3 Å². The zero-order valence-electron chi connectivity index (χ0n) is 25.2. The SMILES string of the molecule is CCCCNC(=O)[C@H](Cc1ccccc1)N(Cc1ccc(Br)cc1)C(=O)CCCN(c1ccc2c(c1)OCCO2)S(C)(=O)=O. The van der Waals surface area contributed by atoms with Crippen LogP contribution < -0.4 is 19.1 Å². The van der Waals surface area contributed by atoms with Crippen LogP contribution in [0, 0.1) is 0 Å². The lowest BCUT2D eigenvalue weighted by molar-refractivity contribution is -0.141. The first-order chi connectivity index (χ1) is 21.2. The van der Waals surface area contributed by atoms with Crippen LogP contribution in [-0.2, 0) is 32.6 Å². The molecule has 0 aromatic heterocycles. The Bertz CT molecular complexity index is 1500. The molecule has 1 heterocycles. The quantitative estimate of drug-likeness (QED) is 0.217. The third-order valence-electron chi connectivity index (χ3n) is 7.33. The van der Waals surface area contributed by atoms with Crippen LogP contribution in [0.15, 0.2) is 77.3 Å². The lowest BCUT2D eigenvalue weighted by Gasteiger charge is -2.32. The van der Waals surface area contributed by atoms with Crippen molar-refractivity contribution in [3.8, 4) is 11.5 Å². The minimum absolute atomic E-state index is 0.0562. The Kier molecular flexibility index (Phi) is 12.1. The van der Waals surface area contributed by atoms with Gasteiger partial charge in [0.05, 0.1) is 11.9 Å². The van der Waals surface area contributed by atoms with Crippen molar-refractivity contribution in [3.05, 3.63) is 88.4 Å². The molecule has 4 rings (SSSR count). The summed E-state index contributed by atoms with van der Waals surface area (Å²) in [7, 11) is -3.66. The Morgan fingerprint density at radius 2 is 1.64 bits per heavy atom. The van der Waals surface area contributed by atoms with Gasteiger partial charge in [0, 0.05) is 43.0 Å². The highest BCUT2D eigenvalue weighted by Gasteiger charge is 2.30. The molecule has 0 bridgehead atoms. The maximum atomic E-state index is 14.0. The molecule has 1 aliphatic rings. The summed E-state index contributed by atoms with van der Waals surface area (Å²) in [4.78, 5) is 29.2. The van der Waals surface area contributed by atoms with E-state index in [1.54, 1.807) is 23.1 Å². The van der Waals surface area contributed by atoms with Crippen molar-refractivity contribution in [2.45, 2.75) is 51.6 Å². The van der Waals surface area contributed by atoms with Gasteiger partial charge in [-0.25, -0.2) is 8.42 Å². The summed E-state index contributed by atoms with van der Waals surface area (Å²) in [5.74, 6) is 0.614. The molecule has 44 heavy (non-hydrogen) atoms. The molecular weight excluding hydrogens is 646 g/mol. The molecule has 3 aromatic rings. The van der Waals surface area contributed by atoms with E-state index in [1.165, 1.54) is 4.31 Å². The number of hydrogen-bond acceptors (Lipinski definition) is 6. The van der Waals surface area contributed by atoms with Crippen molar-refractivity contribution in [2.24, 2.45) is 0 Å². The van der Waals surface area contributed by atoms with Crippen molar-refractivity contribution in [1.82, 2.24) is 10.2 Å². The predicted molar refractivity (Wildman–Crippen MR) is 175 cm³/mol. The summed E-state index contributed by atoms with van der Waals surface area (Å²) in [5.41, 5.74) is 2.27. The second-order valence-corrected chi connectivity index (χ2v) is 13.6. The Hall–Kier alpha value is -3.57. The smallest absolute Gasteiger partial charge is 0.243 e. The Labute approximate surface area is 268 Å². The van der Waals surface area contributed by atoms with E-state index >= 15 is 0 Å². The molecule has 0 fully saturated rings. The minimum Gasteiger partial charge on any atom is -0.486 e. The number of anilines is 1. The van der Waals surface area contributed by atoms with Crippen LogP contribution >= 0.6 is 15.9 Å². The van der Waals surface area contributed by atoms with Crippen LogP contribution in [-0.4, -0.2) is 63.7 Å². The maximum absolute atomic E-state index is 14.0. The van der Waals surface area contributed by atoms with Crippen molar-refractivity contribution in [2.75, 3.05) is 36.9 Å². The highest BCUT2D eigenvalue weighted by molar-refractivity contribution is 9.10. The molecule has 236 valence electrons. The first-order valence-electron chi connectivity index (χ1n) is 14.9. The monoisotopic (exact) mass is 685 g/mol. The van der Waals surface area contributed by atoms with Gasteiger partial charge in [-0.15, -0.1) is 0 Å². The van der Waals surface area contributed by atoms with Gasteiger partial charge in [0.25, 0.3) is 0 Å². The number of rotatable bonds is 15. The van der Waals surface area contributed by atoms with E-state index in [0.29, 0.717) is 43.4 Å². The third kappa shape index (κ3) is 9.46. The van der Waals surface area contributed by atoms with Crippen LogP contribution in [0.25, 0.3) is 0 Å². The number of benzene rings is 3. The molecule has 3 aromatic carbocycles. The van der Waals surface area contributed by atoms with Crippen molar-refractivity contribution >= 4 is 43.5 Å². The van der Waals surface area contributed by atoms with Gasteiger partial charge >= 0.3 is 0 Å². The maximum Gasteiger partial charge on any atom is 0.243 e. The highest BCUT2D eigenvalue weighted by Crippen LogP contribution is 2.35. The van der Waals surface area contributed by atoms with Crippen molar-refractivity contribution in [1.29, 1.82) is 0 Å². The fourth-order valence-corrected chi connectivity index (χ4v) is 6.26. The zero-order chi connectivity index (χ0) is 31.5. The normalized spacial score (nSPS) is 13.2. The molecular formula is C33H40BrN3O6S. The molecule has 0 radical (unpaired) electrons. The molecule has 0 saturated heterocycles. The number of halogens is 1. The van der Waals surface area contributed by atoms with E-state index in [1.807, 2.05) is 54.6 Å². The molecule has 1 aliphatic heterocycles. The van der Waals surface area contributed by atoms with E-state index in [2.05, 4.69) is 28.2 Å². The first-order valence-corrected chi connectivity index (χ1v) is 17.5. The van der Waals surface area contributed by atoms with Crippen LogP contribution in [0.2, 0.25) is 0 Å². The van der Waals surface area contributed by atoms with Gasteiger partial charge in [-0.3, -0.25) is 13.9 Å². The molecule has 9 nitrogen and oxygen atoms in total. The van der Waals surface area contributed by atoms with Crippen LogP contribution in [0.3, 0.4) is 0 Å². The van der Waals surface area contributed by atoms with Gasteiger partial charge in [0.2, 0.25) is 21.8 Å².